The summed E-state index contributed by atoms with van der Waals surface area (Å²) in [5.41, 5.74) is 0. The summed E-state index contributed by atoms with van der Waals surface area (Å²) in [5.74, 6) is 0.567. The molecule has 1 aromatic rings. The van der Waals surface area contributed by atoms with Gasteiger partial charge in [-0.15, -0.1) is 0 Å². The van der Waals surface area contributed by atoms with Crippen LogP contribution in [0, 0.1) is 0 Å². The Hall–Kier alpha value is -1.30. The second-order valence-electron chi connectivity index (χ2n) is 4.22. The van der Waals surface area contributed by atoms with Gasteiger partial charge in [0.25, 0.3) is 0 Å². The van der Waals surface area contributed by atoms with Gasteiger partial charge in [0.15, 0.2) is 0 Å². The molecule has 19 heavy (non-hydrogen) atoms. The predicted octanol–water partition coefficient (Wildman–Crippen LogP) is 2.04. The number of para-hydroxylation sites is 1. The Balaban J connectivity index is 2.23. The van der Waals surface area contributed by atoms with Crippen molar-refractivity contribution in [3.63, 3.8) is 0 Å². The number of benzene rings is 1. The maximum atomic E-state index is 11.4. The molecule has 0 amide bonds. The molecule has 1 aliphatic rings. The summed E-state index contributed by atoms with van der Waals surface area (Å²) in [6, 6.07) is 8.33. The fraction of sp³-hybridized carbons (Fsp3) is 0.231. The third kappa shape index (κ3) is 3.83. The number of rotatable bonds is 4. The first-order valence-electron chi connectivity index (χ1n) is 5.65. The maximum Gasteiger partial charge on any atom is 0.221 e. The average Bonchev–Trinajstić information content (AvgIpc) is 2.32. The number of nitrogens with one attached hydrogen (secondary N) is 1. The van der Waals surface area contributed by atoms with Crippen LogP contribution in [-0.2, 0) is 10.0 Å². The highest BCUT2D eigenvalue weighted by molar-refractivity contribution is 7.88. The summed E-state index contributed by atoms with van der Waals surface area (Å²) in [6.45, 7) is 0. The van der Waals surface area contributed by atoms with Crippen molar-refractivity contribution < 1.29 is 13.2 Å². The Kier molecular flexibility index (Phi) is 3.99. The van der Waals surface area contributed by atoms with Gasteiger partial charge in [0.2, 0.25) is 15.1 Å². The smallest absolute Gasteiger partial charge is 0.221 e. The molecule has 2 rings (SSSR count). The molecule has 0 saturated carbocycles. The zero-order chi connectivity index (χ0) is 13.9. The second-order valence-corrected chi connectivity index (χ2v) is 6.60. The minimum Gasteiger partial charge on any atom is -0.466 e. The molecule has 1 aliphatic carbocycles. The van der Waals surface area contributed by atoms with Gasteiger partial charge in [0.1, 0.15) is 5.75 Å². The molecule has 2 unspecified atom stereocenters. The van der Waals surface area contributed by atoms with Crippen LogP contribution < -0.4 is 9.46 Å². The van der Waals surface area contributed by atoms with E-state index < -0.39 is 21.1 Å². The number of allylic oxidation sites excluding steroid dienone is 2. The lowest BCUT2D eigenvalue weighted by molar-refractivity contribution is 0.184. The third-order valence-electron chi connectivity index (χ3n) is 2.52. The van der Waals surface area contributed by atoms with Gasteiger partial charge in [-0.1, -0.05) is 48.0 Å². The maximum absolute atomic E-state index is 11.4. The highest BCUT2D eigenvalue weighted by Gasteiger charge is 2.38. The molecule has 0 aromatic heterocycles. The van der Waals surface area contributed by atoms with Crippen LogP contribution in [0.15, 0.2) is 54.6 Å². The Morgan fingerprint density at radius 3 is 2.58 bits per heavy atom. The highest BCUT2D eigenvalue weighted by Crippen LogP contribution is 2.30. The zero-order valence-corrected chi connectivity index (χ0v) is 11.9. The van der Waals surface area contributed by atoms with Crippen molar-refractivity contribution in [3.05, 3.63) is 54.6 Å². The molecular weight excluding hydrogens is 286 g/mol. The van der Waals surface area contributed by atoms with Crippen molar-refractivity contribution >= 4 is 21.6 Å². The molecule has 0 fully saturated rings. The van der Waals surface area contributed by atoms with Crippen molar-refractivity contribution in [1.29, 1.82) is 0 Å². The van der Waals surface area contributed by atoms with Crippen LogP contribution in [0.5, 0.6) is 5.75 Å². The van der Waals surface area contributed by atoms with E-state index in [9.17, 15) is 8.42 Å². The first kappa shape index (κ1) is 14.1. The lowest BCUT2D eigenvalue weighted by Gasteiger charge is -2.33. The lowest BCUT2D eigenvalue weighted by atomic mass is 10.1. The molecule has 1 N–H and O–H groups in total. The van der Waals surface area contributed by atoms with Crippen molar-refractivity contribution in [1.82, 2.24) is 4.72 Å². The number of sulfonamides is 1. The van der Waals surface area contributed by atoms with E-state index >= 15 is 0 Å². The molecule has 6 heteroatoms. The fourth-order valence-corrected chi connectivity index (χ4v) is 2.78. The van der Waals surface area contributed by atoms with Gasteiger partial charge in [-0.25, -0.2) is 13.1 Å². The molecule has 0 saturated heterocycles. The van der Waals surface area contributed by atoms with Crippen LogP contribution in [0.4, 0.5) is 0 Å². The van der Waals surface area contributed by atoms with E-state index in [1.807, 2.05) is 18.2 Å². The lowest BCUT2D eigenvalue weighted by Crippen LogP contribution is -2.51. The number of alkyl halides is 1. The van der Waals surface area contributed by atoms with Crippen molar-refractivity contribution in [2.45, 2.75) is 11.1 Å². The summed E-state index contributed by atoms with van der Waals surface area (Å²) in [7, 11) is -3.39. The highest BCUT2D eigenvalue weighted by atomic mass is 35.5. The van der Waals surface area contributed by atoms with E-state index in [1.165, 1.54) is 0 Å². The normalized spacial score (nSPS) is 26.3. The first-order valence-corrected chi connectivity index (χ1v) is 7.92. The summed E-state index contributed by atoms with van der Waals surface area (Å²) in [4.78, 5) is 0. The topological polar surface area (TPSA) is 55.4 Å². The van der Waals surface area contributed by atoms with Crippen LogP contribution >= 0.6 is 11.6 Å². The first-order chi connectivity index (χ1) is 8.89. The van der Waals surface area contributed by atoms with Crippen LogP contribution in [0.3, 0.4) is 0 Å². The number of ether oxygens (including phenoxy) is 1. The van der Waals surface area contributed by atoms with Gasteiger partial charge < -0.3 is 4.74 Å². The Morgan fingerprint density at radius 1 is 1.26 bits per heavy atom. The molecule has 4 nitrogen and oxygen atoms in total. The average molecular weight is 300 g/mol. The van der Waals surface area contributed by atoms with E-state index in [2.05, 4.69) is 4.72 Å². The molecule has 0 aliphatic heterocycles. The number of hydrogen-bond acceptors (Lipinski definition) is 3. The van der Waals surface area contributed by atoms with Gasteiger partial charge in [0, 0.05) is 0 Å². The molecule has 1 aromatic carbocycles. The fourth-order valence-electron chi connectivity index (χ4n) is 1.71. The van der Waals surface area contributed by atoms with E-state index in [0.717, 1.165) is 6.26 Å². The second kappa shape index (κ2) is 5.36. The van der Waals surface area contributed by atoms with Crippen molar-refractivity contribution in [3.8, 4) is 5.75 Å². The molecule has 0 spiro atoms. The summed E-state index contributed by atoms with van der Waals surface area (Å²) in [5, 5.41) is -1.28. The zero-order valence-electron chi connectivity index (χ0n) is 10.3. The standard InChI is InChI=1S/C13H14ClNO3S/c1-19(16,17)15-12-9-5-6-10-13(12,14)18-11-7-3-2-4-8-11/h2-10,12,15H,1H3. The van der Waals surface area contributed by atoms with Gasteiger partial charge >= 0.3 is 0 Å². The minimum atomic E-state index is -3.39. The van der Waals surface area contributed by atoms with Gasteiger partial charge in [-0.2, -0.15) is 0 Å². The molecule has 2 atom stereocenters. The van der Waals surface area contributed by atoms with Crippen LogP contribution in [-0.4, -0.2) is 25.8 Å². The van der Waals surface area contributed by atoms with E-state index in [4.69, 9.17) is 16.3 Å². The largest absolute Gasteiger partial charge is 0.466 e. The quantitative estimate of drug-likeness (QED) is 0.866. The molecule has 0 bridgehead atoms. The minimum absolute atomic E-state index is 0.567. The van der Waals surface area contributed by atoms with Crippen LogP contribution in [0.25, 0.3) is 0 Å². The predicted molar refractivity (Wildman–Crippen MR) is 75.7 cm³/mol. The van der Waals surface area contributed by atoms with Crippen molar-refractivity contribution in [2.75, 3.05) is 6.26 Å². The van der Waals surface area contributed by atoms with Crippen LogP contribution in [0.2, 0.25) is 0 Å². The Morgan fingerprint density at radius 2 is 1.95 bits per heavy atom. The van der Waals surface area contributed by atoms with Gasteiger partial charge in [-0.3, -0.25) is 0 Å². The van der Waals surface area contributed by atoms with E-state index in [-0.39, 0.29) is 0 Å². The van der Waals surface area contributed by atoms with Crippen LogP contribution in [0.1, 0.15) is 0 Å². The number of halogens is 1. The van der Waals surface area contributed by atoms with Gasteiger partial charge in [-0.05, 0) is 18.2 Å². The SMILES string of the molecule is CS(=O)(=O)NC1C=CC=CC1(Cl)Oc1ccccc1. The molecule has 102 valence electrons. The Bertz CT molecular complexity index is 598. The number of hydrogen-bond donors (Lipinski definition) is 1. The molecule has 0 heterocycles. The summed E-state index contributed by atoms with van der Waals surface area (Å²) < 4.78 is 30.9. The van der Waals surface area contributed by atoms with Gasteiger partial charge in [0.05, 0.1) is 12.3 Å². The summed E-state index contributed by atoms with van der Waals surface area (Å²) >= 11 is 6.39. The summed E-state index contributed by atoms with van der Waals surface area (Å²) in [6.07, 6.45) is 7.79. The monoisotopic (exact) mass is 299 g/mol. The molecular formula is C13H14ClNO3S. The van der Waals surface area contributed by atoms with E-state index in [0.29, 0.717) is 5.75 Å². The molecule has 0 radical (unpaired) electrons. The van der Waals surface area contributed by atoms with Crippen molar-refractivity contribution in [2.24, 2.45) is 0 Å². The third-order valence-corrected chi connectivity index (χ3v) is 3.64. The Labute approximate surface area is 117 Å². The van der Waals surface area contributed by atoms with E-state index in [1.54, 1.807) is 36.4 Å².